The van der Waals surface area contributed by atoms with Crippen LogP contribution in [0.4, 0.5) is 4.39 Å². The van der Waals surface area contributed by atoms with Crippen molar-refractivity contribution in [1.82, 2.24) is 9.80 Å². The molecule has 0 spiro atoms. The molecule has 2 atom stereocenters. The molecule has 2 fully saturated rings. The van der Waals surface area contributed by atoms with Gasteiger partial charge in [-0.15, -0.1) is 0 Å². The zero-order valence-corrected chi connectivity index (χ0v) is 12.5. The summed E-state index contributed by atoms with van der Waals surface area (Å²) in [7, 11) is 2.08. The minimum absolute atomic E-state index is 0.0702. The van der Waals surface area contributed by atoms with Crippen LogP contribution in [0.3, 0.4) is 0 Å². The highest BCUT2D eigenvalue weighted by atomic mass is 19.1. The number of benzene rings is 1. The maximum absolute atomic E-state index is 13.7. The number of hydrogen-bond donors (Lipinski definition) is 0. The monoisotopic (exact) mass is 292 g/mol. The topological polar surface area (TPSA) is 32.8 Å². The molecule has 2 aliphatic heterocycles. The van der Waals surface area contributed by atoms with E-state index in [1.54, 1.807) is 19.1 Å². The average Bonchev–Trinajstić information content (AvgIpc) is 2.69. The van der Waals surface area contributed by atoms with Crippen molar-refractivity contribution in [2.24, 2.45) is 5.92 Å². The average molecular weight is 292 g/mol. The Bertz CT molecular complexity index is 549. The molecule has 1 aromatic rings. The zero-order chi connectivity index (χ0) is 15.0. The van der Waals surface area contributed by atoms with E-state index in [1.165, 1.54) is 6.07 Å². The van der Waals surface area contributed by atoms with E-state index in [2.05, 4.69) is 11.9 Å². The molecule has 5 heteroatoms. The SMILES string of the molecule is Cc1c(F)cccc1C(=O)N1C[C@@H]2COC[C@H](C1)N(C)C2. The summed E-state index contributed by atoms with van der Waals surface area (Å²) in [6, 6.07) is 4.92. The van der Waals surface area contributed by atoms with Gasteiger partial charge in [-0.25, -0.2) is 4.39 Å². The Balaban J connectivity index is 1.86. The molecule has 4 nitrogen and oxygen atoms in total. The number of rotatable bonds is 1. The van der Waals surface area contributed by atoms with Crippen LogP contribution in [-0.2, 0) is 4.74 Å². The smallest absolute Gasteiger partial charge is 0.254 e. The van der Waals surface area contributed by atoms with Crippen LogP contribution in [-0.4, -0.2) is 61.6 Å². The van der Waals surface area contributed by atoms with Gasteiger partial charge in [-0.3, -0.25) is 9.69 Å². The van der Waals surface area contributed by atoms with Crippen molar-refractivity contribution in [3.05, 3.63) is 35.1 Å². The summed E-state index contributed by atoms with van der Waals surface area (Å²) in [4.78, 5) is 16.9. The Morgan fingerprint density at radius 2 is 2.10 bits per heavy atom. The predicted molar refractivity (Wildman–Crippen MR) is 77.8 cm³/mol. The van der Waals surface area contributed by atoms with E-state index in [-0.39, 0.29) is 17.8 Å². The maximum atomic E-state index is 13.7. The van der Waals surface area contributed by atoms with Gasteiger partial charge in [-0.05, 0) is 31.7 Å². The Kier molecular flexibility index (Phi) is 3.95. The number of ether oxygens (including phenoxy) is 1. The van der Waals surface area contributed by atoms with Crippen LogP contribution in [0.2, 0.25) is 0 Å². The number of carbonyl (C=O) groups excluding carboxylic acids is 1. The molecule has 0 unspecified atom stereocenters. The number of amides is 1. The molecule has 114 valence electrons. The van der Waals surface area contributed by atoms with Gasteiger partial charge in [0.2, 0.25) is 0 Å². The number of fused-ring (bicyclic) bond motifs is 3. The molecule has 0 radical (unpaired) electrons. The lowest BCUT2D eigenvalue weighted by molar-refractivity contribution is 0.0433. The Hall–Kier alpha value is -1.46. The van der Waals surface area contributed by atoms with E-state index in [4.69, 9.17) is 4.74 Å². The molecule has 0 aliphatic carbocycles. The summed E-state index contributed by atoms with van der Waals surface area (Å²) >= 11 is 0. The largest absolute Gasteiger partial charge is 0.379 e. The van der Waals surface area contributed by atoms with Crippen molar-refractivity contribution >= 4 is 5.91 Å². The van der Waals surface area contributed by atoms with Crippen LogP contribution in [0.25, 0.3) is 0 Å². The zero-order valence-electron chi connectivity index (χ0n) is 12.5. The van der Waals surface area contributed by atoms with E-state index >= 15 is 0 Å². The van der Waals surface area contributed by atoms with Crippen LogP contribution in [0.5, 0.6) is 0 Å². The highest BCUT2D eigenvalue weighted by Gasteiger charge is 2.34. The van der Waals surface area contributed by atoms with E-state index in [0.717, 1.165) is 6.54 Å². The number of carbonyl (C=O) groups is 1. The maximum Gasteiger partial charge on any atom is 0.254 e. The number of hydrogen-bond acceptors (Lipinski definition) is 3. The first-order valence-electron chi connectivity index (χ1n) is 7.38. The molecule has 0 aromatic heterocycles. The summed E-state index contributed by atoms with van der Waals surface area (Å²) in [6.07, 6.45) is 0. The molecule has 21 heavy (non-hydrogen) atoms. The molecule has 2 saturated heterocycles. The van der Waals surface area contributed by atoms with Crippen LogP contribution in [0.15, 0.2) is 18.2 Å². The van der Waals surface area contributed by atoms with Gasteiger partial charge < -0.3 is 9.64 Å². The molecule has 2 heterocycles. The Morgan fingerprint density at radius 1 is 1.29 bits per heavy atom. The second-order valence-corrected chi connectivity index (χ2v) is 6.12. The van der Waals surface area contributed by atoms with Gasteiger partial charge >= 0.3 is 0 Å². The fourth-order valence-corrected chi connectivity index (χ4v) is 3.23. The van der Waals surface area contributed by atoms with Crippen molar-refractivity contribution in [2.45, 2.75) is 13.0 Å². The molecule has 0 N–H and O–H groups in total. The van der Waals surface area contributed by atoms with Crippen molar-refractivity contribution in [1.29, 1.82) is 0 Å². The normalized spacial score (nSPS) is 26.5. The summed E-state index contributed by atoms with van der Waals surface area (Å²) in [5.74, 6) is -0.0733. The molecule has 1 aromatic carbocycles. The second-order valence-electron chi connectivity index (χ2n) is 6.12. The fourth-order valence-electron chi connectivity index (χ4n) is 3.23. The molecule has 1 amide bonds. The Labute approximate surface area is 124 Å². The summed E-state index contributed by atoms with van der Waals surface area (Å²) in [5, 5.41) is 0. The number of likely N-dealkylation sites (N-methyl/N-ethyl adjacent to an activating group) is 1. The van der Waals surface area contributed by atoms with E-state index in [0.29, 0.717) is 43.3 Å². The first-order valence-corrected chi connectivity index (χ1v) is 7.38. The van der Waals surface area contributed by atoms with Crippen molar-refractivity contribution < 1.29 is 13.9 Å². The van der Waals surface area contributed by atoms with Crippen LogP contribution in [0.1, 0.15) is 15.9 Å². The summed E-state index contributed by atoms with van der Waals surface area (Å²) < 4.78 is 19.3. The molecule has 2 bridgehead atoms. The summed E-state index contributed by atoms with van der Waals surface area (Å²) in [5.41, 5.74) is 0.903. The minimum Gasteiger partial charge on any atom is -0.379 e. The van der Waals surface area contributed by atoms with Gasteiger partial charge in [0, 0.05) is 31.1 Å². The molecular weight excluding hydrogens is 271 g/mol. The van der Waals surface area contributed by atoms with Crippen LogP contribution in [0, 0.1) is 18.7 Å². The van der Waals surface area contributed by atoms with Gasteiger partial charge in [0.25, 0.3) is 5.91 Å². The number of nitrogens with zero attached hydrogens (tertiary/aromatic N) is 2. The lowest BCUT2D eigenvalue weighted by Gasteiger charge is -2.30. The standard InChI is InChI=1S/C16H21FN2O2/c1-11-14(4-3-5-15(11)17)16(20)19-7-12-6-18(2)13(8-19)10-21-9-12/h3-5,12-13H,6-10H2,1-2H3/t12-,13+/m1/s1. The highest BCUT2D eigenvalue weighted by Crippen LogP contribution is 2.21. The third-order valence-electron chi connectivity index (χ3n) is 4.53. The van der Waals surface area contributed by atoms with Crippen LogP contribution < -0.4 is 0 Å². The Morgan fingerprint density at radius 3 is 2.90 bits per heavy atom. The lowest BCUT2D eigenvalue weighted by atomic mass is 10.1. The van der Waals surface area contributed by atoms with Crippen molar-refractivity contribution in [3.63, 3.8) is 0 Å². The van der Waals surface area contributed by atoms with Crippen molar-refractivity contribution in [3.8, 4) is 0 Å². The molecular formula is C16H21FN2O2. The van der Waals surface area contributed by atoms with Gasteiger partial charge in [0.15, 0.2) is 0 Å². The van der Waals surface area contributed by atoms with Crippen LogP contribution >= 0.6 is 0 Å². The van der Waals surface area contributed by atoms with Gasteiger partial charge in [-0.2, -0.15) is 0 Å². The third kappa shape index (κ3) is 2.80. The van der Waals surface area contributed by atoms with E-state index in [9.17, 15) is 9.18 Å². The highest BCUT2D eigenvalue weighted by molar-refractivity contribution is 5.95. The minimum atomic E-state index is -0.323. The number of halogens is 1. The van der Waals surface area contributed by atoms with Gasteiger partial charge in [0.05, 0.1) is 19.3 Å². The quantitative estimate of drug-likeness (QED) is 0.787. The van der Waals surface area contributed by atoms with Gasteiger partial charge in [-0.1, -0.05) is 6.07 Å². The third-order valence-corrected chi connectivity index (χ3v) is 4.53. The lowest BCUT2D eigenvalue weighted by Crippen LogP contribution is -2.44. The molecule has 3 rings (SSSR count). The first-order chi connectivity index (χ1) is 10.1. The fraction of sp³-hybridized carbons (Fsp3) is 0.562. The predicted octanol–water partition coefficient (Wildman–Crippen LogP) is 1.54. The van der Waals surface area contributed by atoms with E-state index < -0.39 is 0 Å². The molecule has 2 aliphatic rings. The van der Waals surface area contributed by atoms with Crippen molar-refractivity contribution in [2.75, 3.05) is 39.9 Å². The summed E-state index contributed by atoms with van der Waals surface area (Å²) in [6.45, 7) is 5.26. The second kappa shape index (κ2) is 5.73. The molecule has 0 saturated carbocycles. The van der Waals surface area contributed by atoms with Gasteiger partial charge in [0.1, 0.15) is 5.82 Å². The van der Waals surface area contributed by atoms with E-state index in [1.807, 2.05) is 4.90 Å². The first kappa shape index (κ1) is 14.5.